The topological polar surface area (TPSA) is 115 Å². The zero-order valence-electron chi connectivity index (χ0n) is 17.3. The van der Waals surface area contributed by atoms with Gasteiger partial charge in [-0.05, 0) is 60.6 Å². The molecule has 1 aromatic carbocycles. The average molecular weight is 413 g/mol. The second-order valence-corrected chi connectivity index (χ2v) is 8.01. The largest absolute Gasteiger partial charge is 0.512 e. The van der Waals surface area contributed by atoms with E-state index in [-0.39, 0.29) is 11.7 Å². The van der Waals surface area contributed by atoms with E-state index in [9.17, 15) is 15.3 Å². The predicted molar refractivity (Wildman–Crippen MR) is 115 cm³/mol. The molecule has 1 aromatic heterocycles. The number of benzene rings is 1. The molecule has 0 aliphatic heterocycles. The summed E-state index contributed by atoms with van der Waals surface area (Å²) in [5.41, 5.74) is 1.28. The third-order valence-electron chi connectivity index (χ3n) is 5.81. The summed E-state index contributed by atoms with van der Waals surface area (Å²) in [7, 11) is 0. The van der Waals surface area contributed by atoms with E-state index in [1.807, 2.05) is 30.4 Å². The molecule has 1 aliphatic carbocycles. The molecule has 1 heterocycles. The molecule has 3 rings (SSSR count). The molecule has 0 saturated heterocycles. The van der Waals surface area contributed by atoms with Gasteiger partial charge in [0.2, 0.25) is 0 Å². The van der Waals surface area contributed by atoms with Crippen molar-refractivity contribution in [1.29, 1.82) is 0 Å². The van der Waals surface area contributed by atoms with Crippen molar-refractivity contribution in [3.8, 4) is 0 Å². The number of aryl methyl sites for hydroxylation is 2. The van der Waals surface area contributed by atoms with Crippen LogP contribution in [0.1, 0.15) is 49.9 Å². The van der Waals surface area contributed by atoms with Gasteiger partial charge in [0.1, 0.15) is 5.82 Å². The van der Waals surface area contributed by atoms with Crippen molar-refractivity contribution in [2.24, 2.45) is 11.8 Å². The van der Waals surface area contributed by atoms with Gasteiger partial charge in [0.25, 0.3) is 0 Å². The maximum Gasteiger partial charge on any atom is 0.148 e. The van der Waals surface area contributed by atoms with Gasteiger partial charge in [-0.2, -0.15) is 0 Å². The lowest BCUT2D eigenvalue weighted by Gasteiger charge is -2.22. The summed E-state index contributed by atoms with van der Waals surface area (Å²) in [6.07, 6.45) is 10.8. The van der Waals surface area contributed by atoms with E-state index in [2.05, 4.69) is 38.8 Å². The van der Waals surface area contributed by atoms with Gasteiger partial charge in [-0.25, -0.2) is 5.10 Å². The van der Waals surface area contributed by atoms with Gasteiger partial charge in [0.05, 0.1) is 18.0 Å². The Hall–Kier alpha value is -2.51. The monoisotopic (exact) mass is 412 g/mol. The molecular formula is C23H32N4O3. The smallest absolute Gasteiger partial charge is 0.148 e. The summed E-state index contributed by atoms with van der Waals surface area (Å²) in [6.45, 7) is 0. The van der Waals surface area contributed by atoms with E-state index in [1.54, 1.807) is 0 Å². The number of hydrogen-bond donors (Lipinski definition) is 4. The highest BCUT2D eigenvalue weighted by atomic mass is 16.3. The number of unbranched alkanes of at least 4 members (excludes halogenated alkanes) is 2. The number of tetrazole rings is 1. The first-order chi connectivity index (χ1) is 14.6. The summed E-state index contributed by atoms with van der Waals surface area (Å²) in [5.74, 6) is 0.421. The molecule has 7 nitrogen and oxygen atoms in total. The van der Waals surface area contributed by atoms with Crippen molar-refractivity contribution in [2.75, 3.05) is 0 Å². The van der Waals surface area contributed by atoms with E-state index in [0.29, 0.717) is 12.8 Å². The summed E-state index contributed by atoms with van der Waals surface area (Å²) in [6, 6.07) is 10.3. The SMILES string of the molecule is OC(=CCCCc1ccccc1)[C@@H]1[C@@H](C/C=C\CCCc2nnn[nH]2)[C@@H](O)C[C@H]1O. The van der Waals surface area contributed by atoms with Gasteiger partial charge < -0.3 is 15.3 Å². The predicted octanol–water partition coefficient (Wildman–Crippen LogP) is 3.29. The first kappa shape index (κ1) is 22.2. The molecule has 0 bridgehead atoms. The van der Waals surface area contributed by atoms with Crippen molar-refractivity contribution in [3.05, 3.63) is 65.7 Å². The number of aliphatic hydroxyl groups is 3. The molecule has 4 atom stereocenters. The molecular weight excluding hydrogens is 380 g/mol. The van der Waals surface area contributed by atoms with Crippen molar-refractivity contribution in [3.63, 3.8) is 0 Å². The normalized spacial score (nSPS) is 24.7. The first-order valence-corrected chi connectivity index (χ1v) is 10.8. The molecule has 162 valence electrons. The van der Waals surface area contributed by atoms with Gasteiger partial charge in [-0.1, -0.05) is 42.5 Å². The van der Waals surface area contributed by atoms with Crippen LogP contribution < -0.4 is 0 Å². The molecule has 2 aromatic rings. The summed E-state index contributed by atoms with van der Waals surface area (Å²) < 4.78 is 0. The molecule has 4 N–H and O–H groups in total. The second kappa shape index (κ2) is 11.6. The van der Waals surface area contributed by atoms with Crippen LogP contribution in [0.5, 0.6) is 0 Å². The van der Waals surface area contributed by atoms with E-state index < -0.39 is 18.1 Å². The van der Waals surface area contributed by atoms with Crippen molar-refractivity contribution >= 4 is 0 Å². The summed E-state index contributed by atoms with van der Waals surface area (Å²) in [5, 5.41) is 45.0. The number of nitrogens with one attached hydrogen (secondary N) is 1. The highest BCUT2D eigenvalue weighted by Gasteiger charge is 2.43. The zero-order valence-corrected chi connectivity index (χ0v) is 17.3. The lowest BCUT2D eigenvalue weighted by atomic mass is 9.88. The highest BCUT2D eigenvalue weighted by Crippen LogP contribution is 2.39. The van der Waals surface area contributed by atoms with Gasteiger partial charge in [0.15, 0.2) is 0 Å². The van der Waals surface area contributed by atoms with Crippen LogP contribution in [-0.2, 0) is 12.8 Å². The maximum atomic E-state index is 10.6. The van der Waals surface area contributed by atoms with Crippen LogP contribution in [0.15, 0.2) is 54.3 Å². The molecule has 7 heteroatoms. The lowest BCUT2D eigenvalue weighted by molar-refractivity contribution is 0.107. The van der Waals surface area contributed by atoms with Crippen LogP contribution in [0.3, 0.4) is 0 Å². The Morgan fingerprint density at radius 3 is 2.60 bits per heavy atom. The Labute approximate surface area is 177 Å². The van der Waals surface area contributed by atoms with Gasteiger partial charge in [-0.15, -0.1) is 5.10 Å². The van der Waals surface area contributed by atoms with E-state index >= 15 is 0 Å². The molecule has 0 amide bonds. The van der Waals surface area contributed by atoms with Crippen molar-refractivity contribution in [1.82, 2.24) is 20.6 Å². The Morgan fingerprint density at radius 1 is 1.03 bits per heavy atom. The Balaban J connectivity index is 1.44. The fourth-order valence-corrected chi connectivity index (χ4v) is 4.19. The number of hydrogen-bond acceptors (Lipinski definition) is 6. The molecule has 1 aliphatic rings. The molecule has 0 spiro atoms. The van der Waals surface area contributed by atoms with Crippen molar-refractivity contribution < 1.29 is 15.3 Å². The number of aromatic amines is 1. The van der Waals surface area contributed by atoms with Gasteiger partial charge >= 0.3 is 0 Å². The molecule has 1 fully saturated rings. The zero-order chi connectivity index (χ0) is 21.2. The third kappa shape index (κ3) is 6.50. The number of H-pyrrole nitrogens is 1. The van der Waals surface area contributed by atoms with Crippen LogP contribution in [0.25, 0.3) is 0 Å². The fourth-order valence-electron chi connectivity index (χ4n) is 4.19. The van der Waals surface area contributed by atoms with Crippen LogP contribution >= 0.6 is 0 Å². The van der Waals surface area contributed by atoms with Crippen LogP contribution in [0, 0.1) is 11.8 Å². The standard InChI is InChI=1S/C23H32N4O3/c28-19(14-9-8-12-17-10-4-3-5-11-17)23-18(20(29)16-21(23)30)13-6-1-2-7-15-22-24-26-27-25-22/h1,3-6,10-11,14,18,20-21,23,28-30H,2,7-9,12-13,15-16H2,(H,24,25,26,27)/b6-1-,19-14?/t18-,20-,21+,23-/m0/s1. The van der Waals surface area contributed by atoms with Crippen molar-refractivity contribution in [2.45, 2.75) is 63.6 Å². The lowest BCUT2D eigenvalue weighted by Crippen LogP contribution is -2.23. The quantitative estimate of drug-likeness (QED) is 0.256. The number of aromatic nitrogens is 4. The van der Waals surface area contributed by atoms with Gasteiger partial charge in [-0.3, -0.25) is 0 Å². The minimum atomic E-state index is -0.706. The van der Waals surface area contributed by atoms with E-state index in [4.69, 9.17) is 0 Å². The molecule has 30 heavy (non-hydrogen) atoms. The van der Waals surface area contributed by atoms with Crippen LogP contribution in [0.4, 0.5) is 0 Å². The van der Waals surface area contributed by atoms with Crippen LogP contribution in [0.2, 0.25) is 0 Å². The number of rotatable bonds is 11. The van der Waals surface area contributed by atoms with Gasteiger partial charge in [0, 0.05) is 24.7 Å². The third-order valence-corrected chi connectivity index (χ3v) is 5.81. The minimum absolute atomic E-state index is 0.167. The highest BCUT2D eigenvalue weighted by molar-refractivity contribution is 5.15. The molecule has 1 saturated carbocycles. The number of allylic oxidation sites excluding steroid dienone is 3. The van der Waals surface area contributed by atoms with Crippen LogP contribution in [-0.4, -0.2) is 48.2 Å². The fraction of sp³-hybridized carbons (Fsp3) is 0.522. The molecule has 0 radical (unpaired) electrons. The number of nitrogens with zero attached hydrogens (tertiary/aromatic N) is 3. The Bertz CT molecular complexity index is 792. The Kier molecular flexibility index (Phi) is 8.59. The van der Waals surface area contributed by atoms with E-state index in [0.717, 1.165) is 44.3 Å². The van der Waals surface area contributed by atoms with E-state index in [1.165, 1.54) is 5.56 Å². The Morgan fingerprint density at radius 2 is 1.83 bits per heavy atom. The second-order valence-electron chi connectivity index (χ2n) is 8.01. The summed E-state index contributed by atoms with van der Waals surface area (Å²) in [4.78, 5) is 0. The maximum absolute atomic E-state index is 10.6. The average Bonchev–Trinajstić information content (AvgIpc) is 3.36. The summed E-state index contributed by atoms with van der Waals surface area (Å²) >= 11 is 0. The minimum Gasteiger partial charge on any atom is -0.512 e. The molecule has 0 unspecified atom stereocenters. The first-order valence-electron chi connectivity index (χ1n) is 10.8. The number of aliphatic hydroxyl groups excluding tert-OH is 3.